The van der Waals surface area contributed by atoms with E-state index in [1.54, 1.807) is 0 Å². The number of carbonyl (C=O) groups excluding carboxylic acids is 1. The lowest BCUT2D eigenvalue weighted by atomic mass is 10.1. The summed E-state index contributed by atoms with van der Waals surface area (Å²) < 4.78 is 0. The van der Waals surface area contributed by atoms with E-state index < -0.39 is 0 Å². The van der Waals surface area contributed by atoms with Gasteiger partial charge in [-0.3, -0.25) is 0 Å². The number of nitrogens with one attached hydrogen (secondary N) is 2. The van der Waals surface area contributed by atoms with Crippen LogP contribution in [-0.4, -0.2) is 6.03 Å². The minimum Gasteiger partial charge on any atom is -0.308 e. The number of amides is 2. The van der Waals surface area contributed by atoms with Crippen LogP contribution in [0.2, 0.25) is 0 Å². The SMILES string of the molecule is C=C(S/C(=C\C)NC(=O)Nc1ccccc1)C(C)CCC. The molecule has 21 heavy (non-hydrogen) atoms. The van der Waals surface area contributed by atoms with Crippen LogP contribution in [0.25, 0.3) is 0 Å². The van der Waals surface area contributed by atoms with E-state index in [9.17, 15) is 4.79 Å². The van der Waals surface area contributed by atoms with Crippen LogP contribution in [0.3, 0.4) is 0 Å². The summed E-state index contributed by atoms with van der Waals surface area (Å²) in [7, 11) is 0. The normalized spacial score (nSPS) is 12.6. The Labute approximate surface area is 131 Å². The molecule has 0 saturated carbocycles. The number of allylic oxidation sites excluding steroid dienone is 2. The minimum absolute atomic E-state index is 0.238. The first-order valence-corrected chi connectivity index (χ1v) is 8.04. The van der Waals surface area contributed by atoms with Crippen molar-refractivity contribution in [2.45, 2.75) is 33.6 Å². The van der Waals surface area contributed by atoms with Gasteiger partial charge in [0.15, 0.2) is 0 Å². The summed E-state index contributed by atoms with van der Waals surface area (Å²) in [6.45, 7) is 10.3. The van der Waals surface area contributed by atoms with Gasteiger partial charge in [0.2, 0.25) is 0 Å². The molecule has 0 aliphatic rings. The van der Waals surface area contributed by atoms with Crippen LogP contribution in [-0.2, 0) is 0 Å². The van der Waals surface area contributed by atoms with E-state index in [0.29, 0.717) is 5.92 Å². The van der Waals surface area contributed by atoms with Crippen LogP contribution in [0.4, 0.5) is 10.5 Å². The second kappa shape index (κ2) is 9.29. The highest BCUT2D eigenvalue weighted by Crippen LogP contribution is 2.30. The second-order valence-corrected chi connectivity index (χ2v) is 6.02. The zero-order valence-electron chi connectivity index (χ0n) is 13.0. The molecule has 1 rings (SSSR count). The second-order valence-electron chi connectivity index (χ2n) is 4.86. The van der Waals surface area contributed by atoms with Gasteiger partial charge in [-0.2, -0.15) is 0 Å². The lowest BCUT2D eigenvalue weighted by Crippen LogP contribution is -2.27. The largest absolute Gasteiger partial charge is 0.324 e. The minimum atomic E-state index is -0.238. The van der Waals surface area contributed by atoms with Crippen LogP contribution >= 0.6 is 11.8 Å². The molecular weight excluding hydrogens is 280 g/mol. The Morgan fingerprint density at radius 2 is 2.05 bits per heavy atom. The van der Waals surface area contributed by atoms with E-state index in [-0.39, 0.29) is 6.03 Å². The standard InChI is InChI=1S/C17H24N2OS/c1-5-10-13(3)14(4)21-16(6-2)19-17(20)18-15-11-8-7-9-12-15/h6-9,11-13H,4-5,10H2,1-3H3,(H2,18,19,20)/b16-6-. The highest BCUT2D eigenvalue weighted by atomic mass is 32.2. The van der Waals surface area contributed by atoms with Crippen molar-refractivity contribution in [1.29, 1.82) is 0 Å². The summed E-state index contributed by atoms with van der Waals surface area (Å²) in [6, 6.07) is 9.15. The molecule has 1 aromatic carbocycles. The number of hydrogen-bond donors (Lipinski definition) is 2. The van der Waals surface area contributed by atoms with Gasteiger partial charge in [-0.15, -0.1) is 0 Å². The van der Waals surface area contributed by atoms with E-state index in [2.05, 4.69) is 31.1 Å². The van der Waals surface area contributed by atoms with E-state index in [1.807, 2.05) is 43.3 Å². The van der Waals surface area contributed by atoms with Crippen molar-refractivity contribution in [1.82, 2.24) is 5.32 Å². The molecule has 0 aromatic heterocycles. The Morgan fingerprint density at radius 1 is 1.38 bits per heavy atom. The van der Waals surface area contributed by atoms with Gasteiger partial charge in [0.05, 0.1) is 5.03 Å². The van der Waals surface area contributed by atoms with E-state index in [1.165, 1.54) is 11.8 Å². The zero-order chi connectivity index (χ0) is 15.7. The van der Waals surface area contributed by atoms with Crippen molar-refractivity contribution in [2.24, 2.45) is 5.92 Å². The quantitative estimate of drug-likeness (QED) is 0.712. The molecule has 0 aliphatic heterocycles. The number of carbonyl (C=O) groups is 1. The number of para-hydroxylation sites is 1. The molecule has 2 N–H and O–H groups in total. The molecule has 114 valence electrons. The summed E-state index contributed by atoms with van der Waals surface area (Å²) >= 11 is 1.53. The number of rotatable bonds is 7. The Kier molecular flexibility index (Phi) is 7.69. The lowest BCUT2D eigenvalue weighted by Gasteiger charge is -2.16. The molecule has 0 saturated heterocycles. The lowest BCUT2D eigenvalue weighted by molar-refractivity contribution is 0.255. The Hall–Kier alpha value is -1.68. The van der Waals surface area contributed by atoms with Gasteiger partial charge in [0.25, 0.3) is 0 Å². The van der Waals surface area contributed by atoms with Gasteiger partial charge in [-0.05, 0) is 36.3 Å². The first-order valence-electron chi connectivity index (χ1n) is 7.22. The van der Waals surface area contributed by atoms with Crippen LogP contribution in [0.15, 0.2) is 52.9 Å². The first kappa shape index (κ1) is 17.4. The van der Waals surface area contributed by atoms with E-state index in [0.717, 1.165) is 28.5 Å². The smallest absolute Gasteiger partial charge is 0.308 e. The summed E-state index contributed by atoms with van der Waals surface area (Å²) in [6.07, 6.45) is 4.13. The molecule has 0 radical (unpaired) electrons. The van der Waals surface area contributed by atoms with Crippen molar-refractivity contribution < 1.29 is 4.79 Å². The average molecular weight is 304 g/mol. The number of thioether (sulfide) groups is 1. The molecule has 1 unspecified atom stereocenters. The number of anilines is 1. The molecule has 1 aromatic rings. The molecule has 0 spiro atoms. The monoisotopic (exact) mass is 304 g/mol. The molecule has 1 atom stereocenters. The molecule has 3 nitrogen and oxygen atoms in total. The topological polar surface area (TPSA) is 41.1 Å². The fraction of sp³-hybridized carbons (Fsp3) is 0.353. The van der Waals surface area contributed by atoms with Crippen molar-refractivity contribution in [3.8, 4) is 0 Å². The number of hydrogen-bond acceptors (Lipinski definition) is 2. The Bertz CT molecular complexity index is 497. The van der Waals surface area contributed by atoms with Crippen LogP contribution in [0, 0.1) is 5.92 Å². The van der Waals surface area contributed by atoms with Crippen molar-refractivity contribution in [2.75, 3.05) is 5.32 Å². The maximum Gasteiger partial charge on any atom is 0.324 e. The van der Waals surface area contributed by atoms with E-state index in [4.69, 9.17) is 0 Å². The maximum absolute atomic E-state index is 12.0. The van der Waals surface area contributed by atoms with Crippen molar-refractivity contribution in [3.05, 3.63) is 52.9 Å². The molecule has 4 heteroatoms. The number of benzene rings is 1. The van der Waals surface area contributed by atoms with Crippen molar-refractivity contribution >= 4 is 23.5 Å². The summed E-state index contributed by atoms with van der Waals surface area (Å²) in [5.74, 6) is 0.439. The Morgan fingerprint density at radius 3 is 2.62 bits per heavy atom. The zero-order valence-corrected chi connectivity index (χ0v) is 13.8. The van der Waals surface area contributed by atoms with Crippen LogP contribution in [0.1, 0.15) is 33.6 Å². The molecular formula is C17H24N2OS. The number of urea groups is 1. The third kappa shape index (κ3) is 6.54. The fourth-order valence-corrected chi connectivity index (χ4v) is 2.65. The third-order valence-corrected chi connectivity index (χ3v) is 4.27. The van der Waals surface area contributed by atoms with Gasteiger partial charge >= 0.3 is 6.03 Å². The predicted molar refractivity (Wildman–Crippen MR) is 93.2 cm³/mol. The van der Waals surface area contributed by atoms with E-state index >= 15 is 0 Å². The fourth-order valence-electron chi connectivity index (χ4n) is 1.79. The highest BCUT2D eigenvalue weighted by Gasteiger charge is 2.11. The summed E-state index contributed by atoms with van der Waals surface area (Å²) in [5, 5.41) is 6.46. The molecule has 2 amide bonds. The molecule has 0 heterocycles. The third-order valence-electron chi connectivity index (χ3n) is 3.04. The molecule has 0 fully saturated rings. The maximum atomic E-state index is 12.0. The van der Waals surface area contributed by atoms with Crippen LogP contribution in [0.5, 0.6) is 0 Å². The average Bonchev–Trinajstić information content (AvgIpc) is 2.47. The predicted octanol–water partition coefficient (Wildman–Crippen LogP) is 5.35. The first-order chi connectivity index (χ1) is 10.1. The Balaban J connectivity index is 2.51. The van der Waals surface area contributed by atoms with Gasteiger partial charge in [0, 0.05) is 5.69 Å². The van der Waals surface area contributed by atoms with Gasteiger partial charge in [0.1, 0.15) is 0 Å². The van der Waals surface area contributed by atoms with Crippen molar-refractivity contribution in [3.63, 3.8) is 0 Å². The van der Waals surface area contributed by atoms with Crippen LogP contribution < -0.4 is 10.6 Å². The molecule has 0 bridgehead atoms. The summed E-state index contributed by atoms with van der Waals surface area (Å²) in [4.78, 5) is 13.0. The van der Waals surface area contributed by atoms with Gasteiger partial charge < -0.3 is 10.6 Å². The summed E-state index contributed by atoms with van der Waals surface area (Å²) in [5.41, 5.74) is 0.772. The highest BCUT2D eigenvalue weighted by molar-refractivity contribution is 8.06. The van der Waals surface area contributed by atoms with Gasteiger partial charge in [-0.1, -0.05) is 62.9 Å². The molecule has 0 aliphatic carbocycles. The van der Waals surface area contributed by atoms with Gasteiger partial charge in [-0.25, -0.2) is 4.79 Å².